The Labute approximate surface area is 102 Å². The summed E-state index contributed by atoms with van der Waals surface area (Å²) in [5.41, 5.74) is 5.31. The van der Waals surface area contributed by atoms with Gasteiger partial charge in [0.15, 0.2) is 5.82 Å². The summed E-state index contributed by atoms with van der Waals surface area (Å²) in [6.45, 7) is 4.88. The number of ether oxygens (including phenoxy) is 1. The average molecular weight is 239 g/mol. The maximum atomic E-state index is 5.87. The zero-order chi connectivity index (χ0) is 12.3. The molecule has 0 saturated heterocycles. The van der Waals surface area contributed by atoms with Gasteiger partial charge in [-0.05, 0) is 32.6 Å². The molecule has 1 saturated carbocycles. The summed E-state index contributed by atoms with van der Waals surface area (Å²) in [4.78, 5) is 4.22. The van der Waals surface area contributed by atoms with Crippen LogP contribution in [0.3, 0.4) is 0 Å². The molecule has 0 unspecified atom stereocenters. The Morgan fingerprint density at radius 1 is 1.41 bits per heavy atom. The fourth-order valence-electron chi connectivity index (χ4n) is 2.07. The molecule has 2 N–H and O–H groups in total. The second kappa shape index (κ2) is 5.14. The van der Waals surface area contributed by atoms with Crippen LogP contribution in [0.5, 0.6) is 0 Å². The third kappa shape index (κ3) is 3.51. The van der Waals surface area contributed by atoms with E-state index >= 15 is 0 Å². The lowest BCUT2D eigenvalue weighted by Crippen LogP contribution is -2.30. The van der Waals surface area contributed by atoms with E-state index in [1.54, 1.807) is 0 Å². The van der Waals surface area contributed by atoms with Crippen LogP contribution in [0.25, 0.3) is 0 Å². The second-order valence-corrected chi connectivity index (χ2v) is 5.40. The highest BCUT2D eigenvalue weighted by molar-refractivity contribution is 4.98. The van der Waals surface area contributed by atoms with Crippen LogP contribution in [0.2, 0.25) is 0 Å². The van der Waals surface area contributed by atoms with Crippen LogP contribution in [0.15, 0.2) is 4.52 Å². The molecule has 1 aliphatic rings. The molecule has 1 fully saturated rings. The van der Waals surface area contributed by atoms with Crippen molar-refractivity contribution in [2.24, 2.45) is 11.7 Å². The number of aromatic nitrogens is 2. The van der Waals surface area contributed by atoms with Crippen LogP contribution in [-0.2, 0) is 16.9 Å². The quantitative estimate of drug-likeness (QED) is 0.850. The molecule has 0 radical (unpaired) electrons. The van der Waals surface area contributed by atoms with E-state index in [1.165, 1.54) is 25.7 Å². The Bertz CT molecular complexity index is 351. The van der Waals surface area contributed by atoms with Crippen molar-refractivity contribution in [2.45, 2.75) is 51.7 Å². The summed E-state index contributed by atoms with van der Waals surface area (Å²) in [5, 5.41) is 3.85. The summed E-state index contributed by atoms with van der Waals surface area (Å²) in [6, 6.07) is 0. The molecule has 5 nitrogen and oxygen atoms in total. The van der Waals surface area contributed by atoms with E-state index in [9.17, 15) is 0 Å². The van der Waals surface area contributed by atoms with Crippen LogP contribution in [0, 0.1) is 5.92 Å². The van der Waals surface area contributed by atoms with Crippen molar-refractivity contribution in [1.82, 2.24) is 10.1 Å². The van der Waals surface area contributed by atoms with E-state index in [0.717, 1.165) is 6.61 Å². The van der Waals surface area contributed by atoms with Crippen molar-refractivity contribution in [3.05, 3.63) is 11.7 Å². The lowest BCUT2D eigenvalue weighted by Gasteiger charge is -2.11. The molecule has 2 rings (SSSR count). The van der Waals surface area contributed by atoms with Crippen molar-refractivity contribution in [1.29, 1.82) is 0 Å². The van der Waals surface area contributed by atoms with Crippen molar-refractivity contribution < 1.29 is 9.26 Å². The Morgan fingerprint density at radius 2 is 2.12 bits per heavy atom. The van der Waals surface area contributed by atoms with Crippen molar-refractivity contribution in [3.63, 3.8) is 0 Å². The first-order valence-electron chi connectivity index (χ1n) is 6.25. The van der Waals surface area contributed by atoms with Gasteiger partial charge in [-0.25, -0.2) is 0 Å². The van der Waals surface area contributed by atoms with Crippen LogP contribution >= 0.6 is 0 Å². The van der Waals surface area contributed by atoms with Gasteiger partial charge >= 0.3 is 0 Å². The number of hydrogen-bond donors (Lipinski definition) is 1. The van der Waals surface area contributed by atoms with Gasteiger partial charge in [0.25, 0.3) is 5.89 Å². The van der Waals surface area contributed by atoms with Gasteiger partial charge in [-0.3, -0.25) is 0 Å². The predicted molar refractivity (Wildman–Crippen MR) is 63.1 cm³/mol. The van der Waals surface area contributed by atoms with E-state index in [4.69, 9.17) is 15.0 Å². The highest BCUT2D eigenvalue weighted by Crippen LogP contribution is 2.25. The fourth-order valence-corrected chi connectivity index (χ4v) is 2.07. The Kier molecular flexibility index (Phi) is 3.79. The molecule has 0 aromatic carbocycles. The molecule has 1 aromatic heterocycles. The molecular weight excluding hydrogens is 218 g/mol. The Balaban J connectivity index is 1.77. The van der Waals surface area contributed by atoms with Gasteiger partial charge in [0.2, 0.25) is 0 Å². The fraction of sp³-hybridized carbons (Fsp3) is 0.833. The molecule has 17 heavy (non-hydrogen) atoms. The largest absolute Gasteiger partial charge is 0.371 e. The van der Waals surface area contributed by atoms with Crippen molar-refractivity contribution in [2.75, 3.05) is 6.61 Å². The van der Waals surface area contributed by atoms with Crippen molar-refractivity contribution in [3.8, 4) is 0 Å². The van der Waals surface area contributed by atoms with E-state index < -0.39 is 5.54 Å². The van der Waals surface area contributed by atoms with Gasteiger partial charge < -0.3 is 15.0 Å². The zero-order valence-electron chi connectivity index (χ0n) is 10.6. The summed E-state index contributed by atoms with van der Waals surface area (Å²) in [6.07, 6.45) is 5.23. The normalized spacial score (nSPS) is 17.8. The van der Waals surface area contributed by atoms with Gasteiger partial charge in [0.05, 0.1) is 12.1 Å². The third-order valence-electron chi connectivity index (χ3n) is 3.10. The number of nitrogens with two attached hydrogens (primary N) is 1. The monoisotopic (exact) mass is 239 g/mol. The first kappa shape index (κ1) is 12.5. The summed E-state index contributed by atoms with van der Waals surface area (Å²) in [5.74, 6) is 1.75. The van der Waals surface area contributed by atoms with Gasteiger partial charge in [-0.2, -0.15) is 4.98 Å². The van der Waals surface area contributed by atoms with Crippen LogP contribution < -0.4 is 5.73 Å². The molecule has 1 aromatic rings. The van der Waals surface area contributed by atoms with Gasteiger partial charge in [0.1, 0.15) is 6.61 Å². The predicted octanol–water partition coefficient (Wildman–Crippen LogP) is 1.97. The highest BCUT2D eigenvalue weighted by atomic mass is 16.5. The van der Waals surface area contributed by atoms with E-state index in [2.05, 4.69) is 10.1 Å². The van der Waals surface area contributed by atoms with Crippen LogP contribution in [0.1, 0.15) is 51.2 Å². The van der Waals surface area contributed by atoms with E-state index in [-0.39, 0.29) is 0 Å². The minimum absolute atomic E-state index is 0.388. The second-order valence-electron chi connectivity index (χ2n) is 5.40. The minimum atomic E-state index is -0.562. The molecule has 1 heterocycles. The van der Waals surface area contributed by atoms with Crippen LogP contribution in [-0.4, -0.2) is 16.7 Å². The minimum Gasteiger partial charge on any atom is -0.371 e. The van der Waals surface area contributed by atoms with Gasteiger partial charge in [-0.15, -0.1) is 0 Å². The lowest BCUT2D eigenvalue weighted by molar-refractivity contribution is 0.0706. The molecule has 0 bridgehead atoms. The Hall–Kier alpha value is -0.940. The SMILES string of the molecule is CC(C)(N)c1noc(COCC2CCCC2)n1. The smallest absolute Gasteiger partial charge is 0.252 e. The molecule has 1 aliphatic carbocycles. The molecule has 0 amide bonds. The third-order valence-corrected chi connectivity index (χ3v) is 3.10. The molecule has 0 spiro atoms. The first-order valence-corrected chi connectivity index (χ1v) is 6.25. The number of hydrogen-bond acceptors (Lipinski definition) is 5. The maximum absolute atomic E-state index is 5.87. The van der Waals surface area contributed by atoms with E-state index in [0.29, 0.717) is 24.2 Å². The summed E-state index contributed by atoms with van der Waals surface area (Å²) >= 11 is 0. The standard InChI is InChI=1S/C12H21N3O2/c1-12(2,13)11-14-10(17-15-11)8-16-7-9-5-3-4-6-9/h9H,3-8,13H2,1-2H3. The maximum Gasteiger partial charge on any atom is 0.252 e. The number of rotatable bonds is 5. The van der Waals surface area contributed by atoms with Crippen LogP contribution in [0.4, 0.5) is 0 Å². The zero-order valence-corrected chi connectivity index (χ0v) is 10.6. The highest BCUT2D eigenvalue weighted by Gasteiger charge is 2.21. The average Bonchev–Trinajstić information content (AvgIpc) is 2.86. The molecule has 96 valence electrons. The summed E-state index contributed by atoms with van der Waals surface area (Å²) in [7, 11) is 0. The molecule has 0 atom stereocenters. The van der Waals surface area contributed by atoms with Crippen molar-refractivity contribution >= 4 is 0 Å². The first-order chi connectivity index (χ1) is 8.05. The Morgan fingerprint density at radius 3 is 2.71 bits per heavy atom. The van der Waals surface area contributed by atoms with Gasteiger partial charge in [0, 0.05) is 0 Å². The summed E-state index contributed by atoms with van der Waals surface area (Å²) < 4.78 is 10.7. The molecular formula is C12H21N3O2. The topological polar surface area (TPSA) is 74.2 Å². The van der Waals surface area contributed by atoms with Gasteiger partial charge in [-0.1, -0.05) is 18.0 Å². The molecule has 0 aliphatic heterocycles. The number of nitrogens with zero attached hydrogens (tertiary/aromatic N) is 2. The molecule has 5 heteroatoms. The van der Waals surface area contributed by atoms with E-state index in [1.807, 2.05) is 13.8 Å². The lowest BCUT2D eigenvalue weighted by atomic mass is 10.1.